The van der Waals surface area contributed by atoms with E-state index in [1.807, 2.05) is 41.6 Å². The van der Waals surface area contributed by atoms with Gasteiger partial charge in [0.25, 0.3) is 0 Å². The fraction of sp³-hybridized carbons (Fsp3) is 0.318. The molecule has 0 spiro atoms. The van der Waals surface area contributed by atoms with E-state index in [2.05, 4.69) is 35.5 Å². The predicted molar refractivity (Wildman–Crippen MR) is 117 cm³/mol. The molecule has 0 saturated carbocycles. The van der Waals surface area contributed by atoms with Crippen molar-refractivity contribution in [1.29, 1.82) is 0 Å². The van der Waals surface area contributed by atoms with Crippen molar-refractivity contribution in [3.05, 3.63) is 59.7 Å². The van der Waals surface area contributed by atoms with E-state index in [9.17, 15) is 4.79 Å². The maximum atomic E-state index is 12.4. The molecule has 0 aliphatic carbocycles. The van der Waals surface area contributed by atoms with Crippen molar-refractivity contribution in [2.75, 3.05) is 11.1 Å². The van der Waals surface area contributed by atoms with E-state index in [1.54, 1.807) is 0 Å². The van der Waals surface area contributed by atoms with Crippen molar-refractivity contribution in [3.63, 3.8) is 0 Å². The van der Waals surface area contributed by atoms with Crippen LogP contribution in [0, 0.1) is 0 Å². The minimum absolute atomic E-state index is 0.0346. The Hall–Kier alpha value is -2.60. The van der Waals surface area contributed by atoms with Gasteiger partial charge in [-0.15, -0.1) is 0 Å². The number of rotatable bonds is 6. The predicted octanol–water partition coefficient (Wildman–Crippen LogP) is 5.13. The first-order valence-electron chi connectivity index (χ1n) is 9.75. The molecule has 4 rings (SSSR count). The first kappa shape index (κ1) is 18.7. The number of unbranched alkanes of at least 4 members (excludes halogenated alkanes) is 1. The molecule has 2 heterocycles. The molecule has 144 valence electrons. The number of nitrogens with zero attached hydrogens (tertiary/aromatic N) is 3. The van der Waals surface area contributed by atoms with E-state index < -0.39 is 0 Å². The summed E-state index contributed by atoms with van der Waals surface area (Å²) in [5, 5.41) is 10.1. The van der Waals surface area contributed by atoms with Crippen LogP contribution in [0.5, 0.6) is 0 Å². The largest absolute Gasteiger partial charge is 0.325 e. The number of para-hydroxylation sites is 1. The molecule has 2 aliphatic rings. The number of fused-ring (bicyclic) bond motifs is 3. The summed E-state index contributed by atoms with van der Waals surface area (Å²) in [4.78, 5) is 17.1. The van der Waals surface area contributed by atoms with Gasteiger partial charge in [-0.25, -0.2) is 10.0 Å². The third-order valence-electron chi connectivity index (χ3n) is 4.93. The van der Waals surface area contributed by atoms with Crippen molar-refractivity contribution in [2.24, 2.45) is 10.1 Å². The topological polar surface area (TPSA) is 57.1 Å². The zero-order chi connectivity index (χ0) is 19.3. The number of nitrogens with one attached hydrogen (secondary N) is 1. The molecule has 1 N–H and O–H groups in total. The van der Waals surface area contributed by atoms with Crippen molar-refractivity contribution in [1.82, 2.24) is 5.01 Å². The van der Waals surface area contributed by atoms with Crippen LogP contribution in [0.4, 0.5) is 11.4 Å². The van der Waals surface area contributed by atoms with Crippen LogP contribution >= 0.6 is 11.8 Å². The highest BCUT2D eigenvalue weighted by Gasteiger charge is 2.32. The SMILES string of the molecule is CCCCc1ccc(NC(=O)CSC2=Nc3ccccc3C3CC=NN23)cc1. The Morgan fingerprint density at radius 2 is 2.04 bits per heavy atom. The number of amidine groups is 1. The summed E-state index contributed by atoms with van der Waals surface area (Å²) in [6, 6.07) is 16.5. The molecule has 1 unspecified atom stereocenters. The molecule has 1 amide bonds. The Morgan fingerprint density at radius 1 is 1.21 bits per heavy atom. The monoisotopic (exact) mass is 392 g/mol. The van der Waals surface area contributed by atoms with Crippen molar-refractivity contribution < 1.29 is 4.79 Å². The number of carbonyl (C=O) groups is 1. The standard InChI is InChI=1S/C22H24N4OS/c1-2-3-6-16-9-11-17(12-10-16)24-21(27)15-28-22-25-19-8-5-4-7-18(19)20-13-14-23-26(20)22/h4-5,7-12,14,20H,2-3,6,13,15H2,1H3,(H,24,27). The molecule has 28 heavy (non-hydrogen) atoms. The highest BCUT2D eigenvalue weighted by molar-refractivity contribution is 8.14. The smallest absolute Gasteiger partial charge is 0.234 e. The fourth-order valence-corrected chi connectivity index (χ4v) is 4.25. The molecular formula is C22H24N4OS. The van der Waals surface area contributed by atoms with Gasteiger partial charge in [0.2, 0.25) is 5.91 Å². The maximum Gasteiger partial charge on any atom is 0.234 e. The Labute approximate surface area is 169 Å². The van der Waals surface area contributed by atoms with E-state index in [-0.39, 0.29) is 11.9 Å². The van der Waals surface area contributed by atoms with Gasteiger partial charge in [-0.2, -0.15) is 5.10 Å². The molecule has 5 nitrogen and oxygen atoms in total. The third-order valence-corrected chi connectivity index (χ3v) is 5.87. The van der Waals surface area contributed by atoms with Gasteiger partial charge >= 0.3 is 0 Å². The summed E-state index contributed by atoms with van der Waals surface area (Å²) in [5.74, 6) is 0.268. The van der Waals surface area contributed by atoms with Gasteiger partial charge in [0.15, 0.2) is 5.17 Å². The summed E-state index contributed by atoms with van der Waals surface area (Å²) in [5.41, 5.74) is 4.30. The molecule has 2 aromatic rings. The maximum absolute atomic E-state index is 12.4. The molecular weight excluding hydrogens is 368 g/mol. The zero-order valence-corrected chi connectivity index (χ0v) is 16.8. The highest BCUT2D eigenvalue weighted by atomic mass is 32.2. The van der Waals surface area contributed by atoms with Gasteiger partial charge in [0, 0.05) is 23.9 Å². The van der Waals surface area contributed by atoms with Gasteiger partial charge in [-0.3, -0.25) is 4.79 Å². The van der Waals surface area contributed by atoms with E-state index in [0.29, 0.717) is 5.75 Å². The highest BCUT2D eigenvalue weighted by Crippen LogP contribution is 2.40. The van der Waals surface area contributed by atoms with Crippen molar-refractivity contribution >= 4 is 40.4 Å². The number of hydrazone groups is 1. The van der Waals surface area contributed by atoms with Crippen LogP contribution in [0.25, 0.3) is 0 Å². The Bertz CT molecular complexity index is 907. The number of thioether (sulfide) groups is 1. The summed E-state index contributed by atoms with van der Waals surface area (Å²) in [6.07, 6.45) is 6.25. The first-order chi connectivity index (χ1) is 13.7. The lowest BCUT2D eigenvalue weighted by atomic mass is 10.0. The molecule has 0 aromatic heterocycles. The van der Waals surface area contributed by atoms with Crippen LogP contribution in [0.2, 0.25) is 0 Å². The van der Waals surface area contributed by atoms with Gasteiger partial charge in [-0.1, -0.05) is 55.4 Å². The molecule has 0 radical (unpaired) electrons. The Balaban J connectivity index is 1.37. The van der Waals surface area contributed by atoms with E-state index in [4.69, 9.17) is 4.99 Å². The van der Waals surface area contributed by atoms with Gasteiger partial charge in [-0.05, 0) is 36.6 Å². The number of carbonyl (C=O) groups excluding carboxylic acids is 1. The summed E-state index contributed by atoms with van der Waals surface area (Å²) >= 11 is 1.43. The van der Waals surface area contributed by atoms with Crippen LogP contribution in [0.1, 0.15) is 43.4 Å². The Morgan fingerprint density at radius 3 is 2.86 bits per heavy atom. The number of anilines is 1. The number of aryl methyl sites for hydroxylation is 1. The van der Waals surface area contributed by atoms with Crippen LogP contribution in [0.15, 0.2) is 58.6 Å². The van der Waals surface area contributed by atoms with Gasteiger partial charge < -0.3 is 5.32 Å². The molecule has 2 aromatic carbocycles. The van der Waals surface area contributed by atoms with Gasteiger partial charge in [0.05, 0.1) is 17.5 Å². The average molecular weight is 393 g/mol. The fourth-order valence-electron chi connectivity index (χ4n) is 3.44. The van der Waals surface area contributed by atoms with E-state index in [0.717, 1.165) is 29.4 Å². The lowest BCUT2D eigenvalue weighted by Crippen LogP contribution is -2.29. The van der Waals surface area contributed by atoms with Crippen LogP contribution in [-0.4, -0.2) is 28.1 Å². The van der Waals surface area contributed by atoms with Crippen LogP contribution in [-0.2, 0) is 11.2 Å². The minimum atomic E-state index is -0.0346. The second-order valence-corrected chi connectivity index (χ2v) is 7.93. The molecule has 6 heteroatoms. The molecule has 1 atom stereocenters. The first-order valence-corrected chi connectivity index (χ1v) is 10.7. The van der Waals surface area contributed by atoms with Gasteiger partial charge in [0.1, 0.15) is 0 Å². The Kier molecular flexibility index (Phi) is 5.76. The van der Waals surface area contributed by atoms with Crippen LogP contribution in [0.3, 0.4) is 0 Å². The summed E-state index contributed by atoms with van der Waals surface area (Å²) in [7, 11) is 0. The molecule has 0 bridgehead atoms. The quantitative estimate of drug-likeness (QED) is 0.741. The third kappa shape index (κ3) is 4.12. The molecule has 2 aliphatic heterocycles. The number of aliphatic imine (C=N–C) groups is 1. The minimum Gasteiger partial charge on any atom is -0.325 e. The van der Waals surface area contributed by atoms with E-state index in [1.165, 1.54) is 35.7 Å². The normalized spacial score (nSPS) is 17.1. The number of benzene rings is 2. The summed E-state index contributed by atoms with van der Waals surface area (Å²) < 4.78 is 0. The molecule has 0 saturated heterocycles. The molecule has 0 fully saturated rings. The number of hydrogen-bond donors (Lipinski definition) is 1. The average Bonchev–Trinajstić information content (AvgIpc) is 3.22. The lowest BCUT2D eigenvalue weighted by Gasteiger charge is -2.29. The number of amides is 1. The summed E-state index contributed by atoms with van der Waals surface area (Å²) in [6.45, 7) is 2.19. The van der Waals surface area contributed by atoms with Crippen LogP contribution < -0.4 is 5.32 Å². The van der Waals surface area contributed by atoms with Crippen molar-refractivity contribution in [3.8, 4) is 0 Å². The zero-order valence-electron chi connectivity index (χ0n) is 16.0. The number of hydrogen-bond acceptors (Lipinski definition) is 5. The van der Waals surface area contributed by atoms with Crippen molar-refractivity contribution in [2.45, 2.75) is 38.6 Å². The van der Waals surface area contributed by atoms with E-state index >= 15 is 0 Å². The lowest BCUT2D eigenvalue weighted by molar-refractivity contribution is -0.113. The second kappa shape index (κ2) is 8.61. The second-order valence-electron chi connectivity index (χ2n) is 6.98.